The molecule has 2 aliphatic rings. The number of piperidine rings is 1. The van der Waals surface area contributed by atoms with Gasteiger partial charge in [-0.05, 0) is 49.3 Å². The molecular formula is C19H20N2O3S. The van der Waals surface area contributed by atoms with Crippen molar-refractivity contribution in [3.63, 3.8) is 0 Å². The zero-order valence-electron chi connectivity index (χ0n) is 13.8. The quantitative estimate of drug-likeness (QED) is 0.844. The maximum atomic E-state index is 12.8. The van der Waals surface area contributed by atoms with E-state index in [0.717, 1.165) is 19.3 Å². The number of hydrogen-bond acceptors (Lipinski definition) is 3. The van der Waals surface area contributed by atoms with Crippen LogP contribution in [0.1, 0.15) is 19.3 Å². The molecule has 1 aromatic rings. The van der Waals surface area contributed by atoms with Crippen molar-refractivity contribution in [3.8, 4) is 0 Å². The van der Waals surface area contributed by atoms with E-state index in [2.05, 4.69) is 11.0 Å². The number of sulfonamides is 1. The van der Waals surface area contributed by atoms with Crippen molar-refractivity contribution in [2.24, 2.45) is 0 Å². The monoisotopic (exact) mass is 356 g/mol. The normalized spacial score (nSPS) is 18.2. The Balaban J connectivity index is 1.84. The molecule has 0 saturated carbocycles. The summed E-state index contributed by atoms with van der Waals surface area (Å²) >= 11 is 0. The summed E-state index contributed by atoms with van der Waals surface area (Å²) in [7, 11) is -3.60. The van der Waals surface area contributed by atoms with E-state index < -0.39 is 10.0 Å². The fourth-order valence-electron chi connectivity index (χ4n) is 2.78. The van der Waals surface area contributed by atoms with Crippen LogP contribution in [0.25, 0.3) is 0 Å². The van der Waals surface area contributed by atoms with Gasteiger partial charge in [-0.15, -0.1) is 5.73 Å². The Kier molecular flexibility index (Phi) is 5.34. The van der Waals surface area contributed by atoms with E-state index in [4.69, 9.17) is 0 Å². The minimum absolute atomic E-state index is 0.119. The summed E-state index contributed by atoms with van der Waals surface area (Å²) in [5, 5.41) is 2.76. The Bertz CT molecular complexity index is 871. The first-order valence-corrected chi connectivity index (χ1v) is 9.72. The number of hydrogen-bond donors (Lipinski definition) is 1. The van der Waals surface area contributed by atoms with Gasteiger partial charge in [0.1, 0.15) is 0 Å². The predicted octanol–water partition coefficient (Wildman–Crippen LogP) is 2.98. The van der Waals surface area contributed by atoms with Crippen molar-refractivity contribution in [3.05, 3.63) is 70.8 Å². The minimum atomic E-state index is -3.60. The predicted molar refractivity (Wildman–Crippen MR) is 98.2 cm³/mol. The lowest BCUT2D eigenvalue weighted by Gasteiger charge is -2.26. The molecule has 1 aliphatic carbocycles. The molecule has 0 radical (unpaired) electrons. The lowest BCUT2D eigenvalue weighted by atomic mass is 10.2. The van der Waals surface area contributed by atoms with Gasteiger partial charge in [0.2, 0.25) is 10.0 Å². The number of carbonyl (C=O) groups excluding carboxylic acids is 1. The lowest BCUT2D eigenvalue weighted by molar-refractivity contribution is -0.112. The summed E-state index contributed by atoms with van der Waals surface area (Å²) in [5.74, 6) is -0.367. The Morgan fingerprint density at radius 3 is 2.52 bits per heavy atom. The SMILES string of the molecule is O=C(Nc1ccccc1)C1=CC(S(=O)(=O)N2CCCCC2)=CC=C=C1. The molecule has 1 saturated heterocycles. The molecule has 5 nitrogen and oxygen atoms in total. The first kappa shape index (κ1) is 17.4. The van der Waals surface area contributed by atoms with Gasteiger partial charge < -0.3 is 5.32 Å². The fourth-order valence-corrected chi connectivity index (χ4v) is 4.33. The van der Waals surface area contributed by atoms with Crippen molar-refractivity contribution >= 4 is 21.6 Å². The molecule has 130 valence electrons. The van der Waals surface area contributed by atoms with Gasteiger partial charge in [-0.2, -0.15) is 4.31 Å². The van der Waals surface area contributed by atoms with Crippen LogP contribution in [-0.2, 0) is 14.8 Å². The third-order valence-corrected chi connectivity index (χ3v) is 6.02. The zero-order valence-corrected chi connectivity index (χ0v) is 14.6. The van der Waals surface area contributed by atoms with E-state index in [1.54, 1.807) is 12.1 Å². The lowest BCUT2D eigenvalue weighted by Crippen LogP contribution is -2.36. The highest BCUT2D eigenvalue weighted by Gasteiger charge is 2.27. The summed E-state index contributed by atoms with van der Waals surface area (Å²) < 4.78 is 27.2. The minimum Gasteiger partial charge on any atom is -0.322 e. The Labute approximate surface area is 148 Å². The summed E-state index contributed by atoms with van der Waals surface area (Å²) in [6.45, 7) is 1.05. The number of nitrogens with one attached hydrogen (secondary N) is 1. The van der Waals surface area contributed by atoms with Crippen molar-refractivity contribution in [2.75, 3.05) is 18.4 Å². The van der Waals surface area contributed by atoms with Crippen LogP contribution in [0.3, 0.4) is 0 Å². The third kappa shape index (κ3) is 4.17. The molecule has 0 unspecified atom stereocenters. The summed E-state index contributed by atoms with van der Waals surface area (Å²) in [6, 6.07) is 9.04. The van der Waals surface area contributed by atoms with Gasteiger partial charge in [-0.3, -0.25) is 4.79 Å². The van der Waals surface area contributed by atoms with Crippen LogP contribution in [-0.4, -0.2) is 31.7 Å². The maximum Gasteiger partial charge on any atom is 0.256 e. The van der Waals surface area contributed by atoms with E-state index in [-0.39, 0.29) is 16.4 Å². The smallest absolute Gasteiger partial charge is 0.256 e. The van der Waals surface area contributed by atoms with Gasteiger partial charge in [0.25, 0.3) is 5.91 Å². The van der Waals surface area contributed by atoms with Crippen LogP contribution in [0.4, 0.5) is 5.69 Å². The van der Waals surface area contributed by atoms with Crippen LogP contribution < -0.4 is 5.32 Å². The molecule has 25 heavy (non-hydrogen) atoms. The van der Waals surface area contributed by atoms with Gasteiger partial charge >= 0.3 is 0 Å². The highest BCUT2D eigenvalue weighted by Crippen LogP contribution is 2.23. The van der Waals surface area contributed by atoms with Crippen molar-refractivity contribution in [1.29, 1.82) is 0 Å². The zero-order chi connectivity index (χ0) is 17.7. The number of carbonyl (C=O) groups is 1. The second-order valence-corrected chi connectivity index (χ2v) is 7.87. The standard InChI is InChI=1S/C19H20N2O3S/c22-19(20-17-10-3-1-4-11-17)16-9-5-6-12-18(15-16)25(23,24)21-13-7-2-8-14-21/h1,3-4,6,9-12,15H,2,7-8,13-14H2,(H,20,22). The molecule has 0 spiro atoms. The van der Waals surface area contributed by atoms with Crippen molar-refractivity contribution in [2.45, 2.75) is 19.3 Å². The van der Waals surface area contributed by atoms with E-state index in [9.17, 15) is 13.2 Å². The molecule has 1 heterocycles. The molecule has 1 amide bonds. The molecule has 1 aromatic carbocycles. The Morgan fingerprint density at radius 2 is 1.80 bits per heavy atom. The highest BCUT2D eigenvalue weighted by molar-refractivity contribution is 7.93. The summed E-state index contributed by atoms with van der Waals surface area (Å²) in [5.41, 5.74) is 3.74. The number of benzene rings is 1. The van der Waals surface area contributed by atoms with Gasteiger partial charge in [-0.25, -0.2) is 8.42 Å². The molecule has 6 heteroatoms. The highest BCUT2D eigenvalue weighted by atomic mass is 32.2. The van der Waals surface area contributed by atoms with Gasteiger partial charge in [0, 0.05) is 24.4 Å². The van der Waals surface area contributed by atoms with E-state index in [0.29, 0.717) is 18.8 Å². The second-order valence-electron chi connectivity index (χ2n) is 5.93. The molecule has 0 aromatic heterocycles. The average Bonchev–Trinajstić information content (AvgIpc) is 2.90. The average molecular weight is 356 g/mol. The van der Waals surface area contributed by atoms with Crippen molar-refractivity contribution in [1.82, 2.24) is 4.31 Å². The molecular weight excluding hydrogens is 336 g/mol. The molecule has 1 aliphatic heterocycles. The second kappa shape index (κ2) is 7.66. The number of rotatable bonds is 4. The molecule has 0 bridgehead atoms. The first-order valence-electron chi connectivity index (χ1n) is 8.28. The number of allylic oxidation sites excluding steroid dienone is 2. The molecule has 3 rings (SSSR count). The summed E-state index contributed by atoms with van der Waals surface area (Å²) in [6.07, 6.45) is 8.70. The van der Waals surface area contributed by atoms with Crippen LogP contribution in [0.2, 0.25) is 0 Å². The van der Waals surface area contributed by atoms with Crippen molar-refractivity contribution < 1.29 is 13.2 Å². The third-order valence-electron chi connectivity index (χ3n) is 4.13. The van der Waals surface area contributed by atoms with E-state index in [1.165, 1.54) is 28.6 Å². The topological polar surface area (TPSA) is 66.5 Å². The molecule has 1 fully saturated rings. The maximum absolute atomic E-state index is 12.8. The Morgan fingerprint density at radius 1 is 1.08 bits per heavy atom. The fraction of sp³-hybridized carbons (Fsp3) is 0.263. The van der Waals surface area contributed by atoms with E-state index in [1.807, 2.05) is 18.2 Å². The van der Waals surface area contributed by atoms with E-state index >= 15 is 0 Å². The summed E-state index contributed by atoms with van der Waals surface area (Å²) in [4.78, 5) is 12.6. The number of para-hydroxylation sites is 1. The van der Waals surface area contributed by atoms with Crippen LogP contribution in [0.5, 0.6) is 0 Å². The van der Waals surface area contributed by atoms with Crippen LogP contribution >= 0.6 is 0 Å². The number of anilines is 1. The van der Waals surface area contributed by atoms with Crippen LogP contribution in [0.15, 0.2) is 70.8 Å². The van der Waals surface area contributed by atoms with Gasteiger partial charge in [0.15, 0.2) is 0 Å². The van der Waals surface area contributed by atoms with Crippen LogP contribution in [0, 0.1) is 0 Å². The molecule has 0 atom stereocenters. The largest absolute Gasteiger partial charge is 0.322 e. The Hall–Kier alpha value is -2.40. The van der Waals surface area contributed by atoms with Gasteiger partial charge in [-0.1, -0.05) is 24.6 Å². The first-order chi connectivity index (χ1) is 12.1. The van der Waals surface area contributed by atoms with Gasteiger partial charge in [0.05, 0.1) is 4.91 Å². The number of amides is 1. The molecule has 1 N–H and O–H groups in total. The number of nitrogens with zero attached hydrogens (tertiary/aromatic N) is 1.